The summed E-state index contributed by atoms with van der Waals surface area (Å²) < 4.78 is 41.4. The summed E-state index contributed by atoms with van der Waals surface area (Å²) in [5.74, 6) is -0.904. The molecule has 0 N–H and O–H groups in total. The summed E-state index contributed by atoms with van der Waals surface area (Å²) in [6.45, 7) is -0.570. The summed E-state index contributed by atoms with van der Waals surface area (Å²) in [5.41, 5.74) is 0.368. The molecule has 0 saturated heterocycles. The van der Waals surface area contributed by atoms with E-state index in [1.54, 1.807) is 0 Å². The third kappa shape index (κ3) is 5.63. The highest BCUT2D eigenvalue weighted by Crippen LogP contribution is 2.25. The number of rotatable bonds is 5. The van der Waals surface area contributed by atoms with E-state index in [4.69, 9.17) is 16.3 Å². The van der Waals surface area contributed by atoms with Crippen molar-refractivity contribution in [3.8, 4) is 5.75 Å². The number of Topliss-reactive ketones (excluding diaryl/α,β-unsaturated/α-hetero) is 1. The van der Waals surface area contributed by atoms with Crippen molar-refractivity contribution in [2.24, 2.45) is 0 Å². The Morgan fingerprint density at radius 3 is 2.43 bits per heavy atom. The number of ketones is 1. The predicted octanol–water partition coefficient (Wildman–Crippen LogP) is 2.94. The number of likely N-dealkylation sites (N-methyl/N-ethyl adjacent to an activating group) is 1. The Hall–Kier alpha value is -1.76. The van der Waals surface area contributed by atoms with Crippen LogP contribution in [0.3, 0.4) is 0 Å². The summed E-state index contributed by atoms with van der Waals surface area (Å²) in [5, 5.41) is 0.106. The second-order valence-corrected chi connectivity index (χ2v) is 4.76. The van der Waals surface area contributed by atoms with Gasteiger partial charge in [0.1, 0.15) is 12.3 Å². The van der Waals surface area contributed by atoms with E-state index >= 15 is 0 Å². The highest BCUT2D eigenvalue weighted by Gasteiger charge is 2.31. The van der Waals surface area contributed by atoms with Gasteiger partial charge in [-0.1, -0.05) is 11.6 Å². The van der Waals surface area contributed by atoms with E-state index < -0.39 is 25.2 Å². The molecule has 0 aromatic heterocycles. The van der Waals surface area contributed by atoms with Crippen LogP contribution in [0.25, 0.3) is 0 Å². The molecule has 0 bridgehead atoms. The maximum atomic E-state index is 12.1. The topological polar surface area (TPSA) is 46.6 Å². The molecule has 0 fully saturated rings. The van der Waals surface area contributed by atoms with Crippen LogP contribution < -0.4 is 4.74 Å². The molecule has 21 heavy (non-hydrogen) atoms. The first-order valence-corrected chi connectivity index (χ1v) is 6.22. The molecule has 1 rings (SSSR count). The molecular formula is C13H13ClF3NO3. The molecular weight excluding hydrogens is 311 g/mol. The van der Waals surface area contributed by atoms with E-state index in [9.17, 15) is 22.8 Å². The summed E-state index contributed by atoms with van der Waals surface area (Å²) in [6, 6.07) is 4.20. The summed E-state index contributed by atoms with van der Waals surface area (Å²) >= 11 is 5.86. The normalized spacial score (nSPS) is 11.1. The van der Waals surface area contributed by atoms with Gasteiger partial charge in [-0.05, 0) is 25.1 Å². The van der Waals surface area contributed by atoms with Crippen LogP contribution in [0.1, 0.15) is 17.3 Å². The van der Waals surface area contributed by atoms with Crippen molar-refractivity contribution in [3.63, 3.8) is 0 Å². The van der Waals surface area contributed by atoms with Gasteiger partial charge < -0.3 is 9.64 Å². The number of ether oxygens (including phenoxy) is 1. The first kappa shape index (κ1) is 17.3. The second kappa shape index (κ2) is 6.80. The largest absolute Gasteiger partial charge is 0.482 e. The van der Waals surface area contributed by atoms with E-state index in [2.05, 4.69) is 0 Å². The van der Waals surface area contributed by atoms with E-state index in [-0.39, 0.29) is 16.6 Å². The summed E-state index contributed by atoms with van der Waals surface area (Å²) in [7, 11) is 1.03. The van der Waals surface area contributed by atoms with Crippen LogP contribution in [0.2, 0.25) is 5.02 Å². The van der Waals surface area contributed by atoms with E-state index in [0.717, 1.165) is 7.05 Å². The van der Waals surface area contributed by atoms with Gasteiger partial charge >= 0.3 is 6.18 Å². The molecule has 0 heterocycles. The summed E-state index contributed by atoms with van der Waals surface area (Å²) in [4.78, 5) is 23.1. The lowest BCUT2D eigenvalue weighted by molar-refractivity contribution is -0.159. The molecule has 0 atom stereocenters. The number of carbonyl (C=O) groups is 2. The van der Waals surface area contributed by atoms with Gasteiger partial charge in [0.2, 0.25) is 0 Å². The number of halogens is 4. The van der Waals surface area contributed by atoms with Crippen molar-refractivity contribution in [2.75, 3.05) is 20.2 Å². The van der Waals surface area contributed by atoms with Crippen LogP contribution in [0.4, 0.5) is 13.2 Å². The van der Waals surface area contributed by atoms with E-state index in [1.165, 1.54) is 25.1 Å². The minimum atomic E-state index is -4.47. The number of benzene rings is 1. The number of hydrogen-bond donors (Lipinski definition) is 0. The quantitative estimate of drug-likeness (QED) is 0.783. The molecule has 1 aromatic carbocycles. The van der Waals surface area contributed by atoms with Gasteiger partial charge in [0, 0.05) is 12.6 Å². The van der Waals surface area contributed by atoms with Gasteiger partial charge in [-0.2, -0.15) is 13.2 Å². The lowest BCUT2D eigenvalue weighted by Gasteiger charge is -2.19. The Morgan fingerprint density at radius 1 is 1.33 bits per heavy atom. The van der Waals surface area contributed by atoms with Crippen molar-refractivity contribution in [3.05, 3.63) is 28.8 Å². The van der Waals surface area contributed by atoms with Crippen LogP contribution in [0.15, 0.2) is 18.2 Å². The molecule has 0 aliphatic heterocycles. The molecule has 0 spiro atoms. The monoisotopic (exact) mass is 323 g/mol. The Labute approximate surface area is 124 Å². The van der Waals surface area contributed by atoms with Gasteiger partial charge in [0.15, 0.2) is 12.4 Å². The minimum absolute atomic E-state index is 0.106. The predicted molar refractivity (Wildman–Crippen MR) is 70.6 cm³/mol. The van der Waals surface area contributed by atoms with Gasteiger partial charge in [0.05, 0.1) is 5.02 Å². The molecule has 0 aliphatic carbocycles. The lowest BCUT2D eigenvalue weighted by atomic mass is 10.1. The molecule has 0 radical (unpaired) electrons. The summed E-state index contributed by atoms with van der Waals surface area (Å²) in [6.07, 6.45) is -4.47. The van der Waals surface area contributed by atoms with Crippen molar-refractivity contribution < 1.29 is 27.5 Å². The maximum absolute atomic E-state index is 12.1. The highest BCUT2D eigenvalue weighted by atomic mass is 35.5. The molecule has 1 amide bonds. The Morgan fingerprint density at radius 2 is 1.95 bits per heavy atom. The third-order valence-electron chi connectivity index (χ3n) is 2.53. The molecule has 116 valence electrons. The Kier molecular flexibility index (Phi) is 5.60. The number of alkyl halides is 3. The molecule has 0 unspecified atom stereocenters. The van der Waals surface area contributed by atoms with Crippen LogP contribution in [0.5, 0.6) is 5.75 Å². The minimum Gasteiger partial charge on any atom is -0.482 e. The number of nitrogens with zero attached hydrogens (tertiary/aromatic N) is 1. The number of hydrogen-bond acceptors (Lipinski definition) is 3. The SMILES string of the molecule is CC(=O)c1ccc(OCC(=O)N(C)CC(F)(F)F)c(Cl)c1. The zero-order chi connectivity index (χ0) is 16.2. The second-order valence-electron chi connectivity index (χ2n) is 4.36. The average Bonchev–Trinajstić information content (AvgIpc) is 2.34. The van der Waals surface area contributed by atoms with Gasteiger partial charge in [0.25, 0.3) is 5.91 Å². The number of carbonyl (C=O) groups excluding carboxylic acids is 2. The zero-order valence-corrected chi connectivity index (χ0v) is 12.1. The fourth-order valence-electron chi connectivity index (χ4n) is 1.44. The van der Waals surface area contributed by atoms with Crippen LogP contribution in [0, 0.1) is 0 Å². The van der Waals surface area contributed by atoms with Crippen molar-refractivity contribution in [1.29, 1.82) is 0 Å². The van der Waals surface area contributed by atoms with Crippen molar-refractivity contribution in [1.82, 2.24) is 4.90 Å². The van der Waals surface area contributed by atoms with Gasteiger partial charge in [-0.15, -0.1) is 0 Å². The molecule has 0 aliphatic rings. The maximum Gasteiger partial charge on any atom is 0.406 e. The van der Waals surface area contributed by atoms with Crippen LogP contribution in [-0.4, -0.2) is 43.0 Å². The third-order valence-corrected chi connectivity index (χ3v) is 2.83. The smallest absolute Gasteiger partial charge is 0.406 e. The molecule has 4 nitrogen and oxygen atoms in total. The van der Waals surface area contributed by atoms with Crippen LogP contribution in [-0.2, 0) is 4.79 Å². The van der Waals surface area contributed by atoms with Gasteiger partial charge in [-0.25, -0.2) is 0 Å². The van der Waals surface area contributed by atoms with Gasteiger partial charge in [-0.3, -0.25) is 9.59 Å². The fourth-order valence-corrected chi connectivity index (χ4v) is 1.68. The molecule has 1 aromatic rings. The lowest BCUT2D eigenvalue weighted by Crippen LogP contribution is -2.38. The van der Waals surface area contributed by atoms with Crippen molar-refractivity contribution in [2.45, 2.75) is 13.1 Å². The molecule has 8 heteroatoms. The first-order chi connectivity index (χ1) is 9.60. The standard InChI is InChI=1S/C13H13ClF3NO3/c1-8(19)9-3-4-11(10(14)5-9)21-6-12(20)18(2)7-13(15,16)17/h3-5H,6-7H2,1-2H3. The fraction of sp³-hybridized carbons (Fsp3) is 0.385. The van der Waals surface area contributed by atoms with Crippen LogP contribution >= 0.6 is 11.6 Å². The average molecular weight is 324 g/mol. The van der Waals surface area contributed by atoms with E-state index in [1.807, 2.05) is 0 Å². The highest BCUT2D eigenvalue weighted by molar-refractivity contribution is 6.32. The number of amides is 1. The van der Waals surface area contributed by atoms with Crippen molar-refractivity contribution >= 4 is 23.3 Å². The molecule has 0 saturated carbocycles. The zero-order valence-electron chi connectivity index (χ0n) is 11.3. The Balaban J connectivity index is 2.63. The van der Waals surface area contributed by atoms with E-state index in [0.29, 0.717) is 10.5 Å². The Bertz CT molecular complexity index is 546. The first-order valence-electron chi connectivity index (χ1n) is 5.84.